The molecule has 0 aliphatic heterocycles. The van der Waals surface area contributed by atoms with Gasteiger partial charge in [0.05, 0.1) is 10.5 Å². The molecule has 16 heavy (non-hydrogen) atoms. The molecule has 2 aromatic rings. The minimum absolute atomic E-state index is 0.323. The van der Waals surface area contributed by atoms with Gasteiger partial charge in [0, 0.05) is 22.7 Å². The first-order valence-electron chi connectivity index (χ1n) is 5.20. The van der Waals surface area contributed by atoms with Gasteiger partial charge < -0.3 is 5.73 Å². The smallest absolute Gasteiger partial charge is 0.125 e. The molecule has 4 heteroatoms. The summed E-state index contributed by atoms with van der Waals surface area (Å²) >= 11 is 5.97. The number of hydrogen-bond donors (Lipinski definition) is 1. The zero-order chi connectivity index (χ0) is 11.3. The van der Waals surface area contributed by atoms with Crippen molar-refractivity contribution in [2.24, 2.45) is 0 Å². The highest BCUT2D eigenvalue weighted by Crippen LogP contribution is 2.41. The minimum atomic E-state index is -0.384. The van der Waals surface area contributed by atoms with Gasteiger partial charge in [0.1, 0.15) is 5.82 Å². The van der Waals surface area contributed by atoms with E-state index in [-0.39, 0.29) is 5.82 Å². The Morgan fingerprint density at radius 1 is 1.31 bits per heavy atom. The fourth-order valence-electron chi connectivity index (χ4n) is 1.89. The minimum Gasteiger partial charge on any atom is -0.398 e. The lowest BCUT2D eigenvalue weighted by Gasteiger charge is -2.07. The van der Waals surface area contributed by atoms with Gasteiger partial charge in [0.25, 0.3) is 0 Å². The predicted molar refractivity (Wildman–Crippen MR) is 63.1 cm³/mol. The largest absolute Gasteiger partial charge is 0.398 e. The molecule has 0 bridgehead atoms. The Balaban J connectivity index is 2.32. The Bertz CT molecular complexity index is 579. The zero-order valence-corrected chi connectivity index (χ0v) is 9.26. The van der Waals surface area contributed by atoms with Crippen LogP contribution in [0.5, 0.6) is 0 Å². The molecule has 1 aromatic carbocycles. The zero-order valence-electron chi connectivity index (χ0n) is 8.50. The third-order valence-electron chi connectivity index (χ3n) is 2.88. The van der Waals surface area contributed by atoms with Gasteiger partial charge in [0.15, 0.2) is 0 Å². The van der Waals surface area contributed by atoms with Crippen LogP contribution in [0.2, 0.25) is 5.02 Å². The van der Waals surface area contributed by atoms with Gasteiger partial charge in [-0.25, -0.2) is 4.39 Å². The number of halogens is 2. The number of rotatable bonds is 1. The Kier molecular flexibility index (Phi) is 2.04. The van der Waals surface area contributed by atoms with E-state index in [1.54, 1.807) is 0 Å². The van der Waals surface area contributed by atoms with E-state index in [4.69, 9.17) is 17.3 Å². The van der Waals surface area contributed by atoms with E-state index in [1.807, 2.05) is 6.07 Å². The van der Waals surface area contributed by atoms with Crippen molar-refractivity contribution in [3.05, 3.63) is 34.7 Å². The molecule has 1 aliphatic rings. The molecule has 1 aromatic heterocycles. The molecule has 0 unspecified atom stereocenters. The number of hydrogen-bond acceptors (Lipinski definition) is 2. The van der Waals surface area contributed by atoms with Gasteiger partial charge in [-0.15, -0.1) is 0 Å². The Morgan fingerprint density at radius 2 is 2.06 bits per heavy atom. The van der Waals surface area contributed by atoms with Crippen molar-refractivity contribution in [1.29, 1.82) is 0 Å². The van der Waals surface area contributed by atoms with Crippen LogP contribution in [0.15, 0.2) is 18.2 Å². The summed E-state index contributed by atoms with van der Waals surface area (Å²) in [7, 11) is 0. The van der Waals surface area contributed by atoms with Crippen LogP contribution in [0.25, 0.3) is 10.9 Å². The number of pyridine rings is 1. The van der Waals surface area contributed by atoms with Gasteiger partial charge in [-0.05, 0) is 31.0 Å². The van der Waals surface area contributed by atoms with Gasteiger partial charge in [-0.1, -0.05) is 11.6 Å². The second kappa shape index (κ2) is 3.32. The maximum atomic E-state index is 13.2. The molecule has 1 aliphatic carbocycles. The highest BCUT2D eigenvalue weighted by Gasteiger charge is 2.26. The third kappa shape index (κ3) is 1.52. The topological polar surface area (TPSA) is 38.9 Å². The lowest BCUT2D eigenvalue weighted by Crippen LogP contribution is -1.95. The maximum Gasteiger partial charge on any atom is 0.125 e. The van der Waals surface area contributed by atoms with Gasteiger partial charge in [0.2, 0.25) is 0 Å². The molecule has 0 saturated heterocycles. The molecular weight excluding hydrogens is 227 g/mol. The lowest BCUT2D eigenvalue weighted by atomic mass is 10.1. The first-order chi connectivity index (χ1) is 7.65. The summed E-state index contributed by atoms with van der Waals surface area (Å²) in [5, 5.41) is 0.915. The number of nitrogens with zero attached hydrogens (tertiary/aromatic N) is 1. The standard InChI is InChI=1S/C12H10ClFN2/c13-9-4-7(14)3-8-10(15)5-11(6-1-2-6)16-12(8)9/h3-6H,1-2H2,(H2,15,16). The molecule has 1 heterocycles. The average Bonchev–Trinajstić information content (AvgIpc) is 3.02. The normalized spacial score (nSPS) is 15.6. The fraction of sp³-hybridized carbons (Fsp3) is 0.250. The number of anilines is 1. The quantitative estimate of drug-likeness (QED) is 0.823. The Hall–Kier alpha value is -1.35. The van der Waals surface area contributed by atoms with Crippen LogP contribution in [0.1, 0.15) is 24.5 Å². The fourth-order valence-corrected chi connectivity index (χ4v) is 2.13. The van der Waals surface area contributed by atoms with E-state index in [1.165, 1.54) is 12.1 Å². The van der Waals surface area contributed by atoms with Crippen molar-refractivity contribution in [2.45, 2.75) is 18.8 Å². The van der Waals surface area contributed by atoms with Gasteiger partial charge in [-0.3, -0.25) is 4.98 Å². The predicted octanol–water partition coefficient (Wildman–Crippen LogP) is 3.49. The first kappa shape index (κ1) is 9.85. The van der Waals surface area contributed by atoms with Gasteiger partial charge >= 0.3 is 0 Å². The van der Waals surface area contributed by atoms with Crippen molar-refractivity contribution in [1.82, 2.24) is 4.98 Å². The lowest BCUT2D eigenvalue weighted by molar-refractivity contribution is 0.629. The van der Waals surface area contributed by atoms with E-state index < -0.39 is 0 Å². The SMILES string of the molecule is Nc1cc(C2CC2)nc2c(Cl)cc(F)cc12. The van der Waals surface area contributed by atoms with Crippen LogP contribution in [0.4, 0.5) is 10.1 Å². The summed E-state index contributed by atoms with van der Waals surface area (Å²) in [5.74, 6) is 0.123. The number of aromatic nitrogens is 1. The monoisotopic (exact) mass is 236 g/mol. The van der Waals surface area contributed by atoms with Crippen LogP contribution >= 0.6 is 11.6 Å². The molecule has 2 N–H and O–H groups in total. The molecular formula is C12H10ClFN2. The molecule has 0 atom stereocenters. The number of nitrogens with two attached hydrogens (primary N) is 1. The highest BCUT2D eigenvalue weighted by atomic mass is 35.5. The summed E-state index contributed by atoms with van der Waals surface area (Å²) in [6, 6.07) is 4.48. The molecule has 0 radical (unpaired) electrons. The average molecular weight is 237 g/mol. The van der Waals surface area contributed by atoms with Gasteiger partial charge in [-0.2, -0.15) is 0 Å². The summed E-state index contributed by atoms with van der Waals surface area (Å²) < 4.78 is 13.2. The first-order valence-corrected chi connectivity index (χ1v) is 5.58. The molecule has 1 fully saturated rings. The van der Waals surface area contributed by atoms with Crippen LogP contribution in [-0.4, -0.2) is 4.98 Å². The number of benzene rings is 1. The van der Waals surface area contributed by atoms with Crippen LogP contribution < -0.4 is 5.73 Å². The summed E-state index contributed by atoms with van der Waals surface area (Å²) in [6.07, 6.45) is 2.30. The van der Waals surface area contributed by atoms with E-state index in [0.717, 1.165) is 18.5 Å². The van der Waals surface area contributed by atoms with E-state index in [2.05, 4.69) is 4.98 Å². The van der Waals surface area contributed by atoms with Crippen LogP contribution in [-0.2, 0) is 0 Å². The molecule has 2 nitrogen and oxygen atoms in total. The van der Waals surface area contributed by atoms with Crippen LogP contribution in [0, 0.1) is 5.82 Å². The Labute approximate surface area is 97.2 Å². The van der Waals surface area contributed by atoms with Crippen LogP contribution in [0.3, 0.4) is 0 Å². The second-order valence-corrected chi connectivity index (χ2v) is 4.60. The summed E-state index contributed by atoms with van der Waals surface area (Å²) in [4.78, 5) is 4.46. The van der Waals surface area contributed by atoms with Crippen molar-refractivity contribution in [3.8, 4) is 0 Å². The Morgan fingerprint density at radius 3 is 2.75 bits per heavy atom. The maximum absolute atomic E-state index is 13.2. The molecule has 0 spiro atoms. The highest BCUT2D eigenvalue weighted by molar-refractivity contribution is 6.35. The number of nitrogen functional groups attached to an aromatic ring is 1. The second-order valence-electron chi connectivity index (χ2n) is 4.19. The van der Waals surface area contributed by atoms with E-state index in [0.29, 0.717) is 27.5 Å². The van der Waals surface area contributed by atoms with E-state index in [9.17, 15) is 4.39 Å². The molecule has 82 valence electrons. The molecule has 1 saturated carbocycles. The molecule has 3 rings (SSSR count). The van der Waals surface area contributed by atoms with Crippen molar-refractivity contribution in [3.63, 3.8) is 0 Å². The van der Waals surface area contributed by atoms with E-state index >= 15 is 0 Å². The van der Waals surface area contributed by atoms with Crippen molar-refractivity contribution >= 4 is 28.2 Å². The summed E-state index contributed by atoms with van der Waals surface area (Å²) in [6.45, 7) is 0. The molecule has 0 amide bonds. The third-order valence-corrected chi connectivity index (χ3v) is 3.17. The summed E-state index contributed by atoms with van der Waals surface area (Å²) in [5.41, 5.74) is 8.02. The number of fused-ring (bicyclic) bond motifs is 1. The van der Waals surface area contributed by atoms with Crippen molar-refractivity contribution < 1.29 is 4.39 Å². The van der Waals surface area contributed by atoms with Crippen molar-refractivity contribution in [2.75, 3.05) is 5.73 Å².